The molecule has 0 unspecified atom stereocenters. The van der Waals surface area contributed by atoms with Crippen LogP contribution in [-0.4, -0.2) is 25.8 Å². The van der Waals surface area contributed by atoms with Crippen molar-refractivity contribution in [2.45, 2.75) is 20.8 Å². The lowest BCUT2D eigenvalue weighted by Gasteiger charge is -2.19. The van der Waals surface area contributed by atoms with E-state index in [2.05, 4.69) is 0 Å². The van der Waals surface area contributed by atoms with Gasteiger partial charge >= 0.3 is 13.6 Å². The molecule has 0 N–H and O–H groups in total. The highest BCUT2D eigenvalue weighted by Gasteiger charge is 2.36. The van der Waals surface area contributed by atoms with Crippen LogP contribution in [0.25, 0.3) is 16.8 Å². The van der Waals surface area contributed by atoms with Gasteiger partial charge in [0.25, 0.3) is 0 Å². The fraction of sp³-hybridized carbons (Fsp3) is 0.316. The van der Waals surface area contributed by atoms with Gasteiger partial charge in [0.1, 0.15) is 5.31 Å². The molecule has 2 aromatic rings. The summed E-state index contributed by atoms with van der Waals surface area (Å²) in [5.41, 5.74) is 0.751. The summed E-state index contributed by atoms with van der Waals surface area (Å²) in [6.07, 6.45) is 1.55. The second kappa shape index (κ2) is 8.95. The van der Waals surface area contributed by atoms with Crippen LogP contribution in [0.15, 0.2) is 47.8 Å². The maximum absolute atomic E-state index is 13.2. The predicted molar refractivity (Wildman–Crippen MR) is 99.4 cm³/mol. The average Bonchev–Trinajstić information content (AvgIpc) is 2.60. The highest BCUT2D eigenvalue weighted by atomic mass is 31.2. The Morgan fingerprint density at radius 2 is 1.60 bits per heavy atom. The summed E-state index contributed by atoms with van der Waals surface area (Å²) in [5, 5.41) is 1.86. The average molecular weight is 362 g/mol. The summed E-state index contributed by atoms with van der Waals surface area (Å²) >= 11 is 0. The van der Waals surface area contributed by atoms with E-state index in [0.717, 1.165) is 16.3 Å². The first-order chi connectivity index (χ1) is 12.1. The van der Waals surface area contributed by atoms with E-state index in [4.69, 9.17) is 13.8 Å². The fourth-order valence-electron chi connectivity index (χ4n) is 2.49. The van der Waals surface area contributed by atoms with E-state index in [1.807, 2.05) is 42.5 Å². The number of rotatable bonds is 8. The van der Waals surface area contributed by atoms with Gasteiger partial charge in [-0.2, -0.15) is 0 Å². The first-order valence-electron chi connectivity index (χ1n) is 8.32. The topological polar surface area (TPSA) is 61.8 Å². The number of carbonyl (C=O) groups is 1. The Labute approximate surface area is 148 Å². The smallest absolute Gasteiger partial charge is 0.368 e. The molecule has 2 aromatic carbocycles. The first-order valence-corrected chi connectivity index (χ1v) is 9.86. The lowest BCUT2D eigenvalue weighted by atomic mass is 10.0. The van der Waals surface area contributed by atoms with E-state index < -0.39 is 13.6 Å². The van der Waals surface area contributed by atoms with Crippen molar-refractivity contribution in [3.05, 3.63) is 53.3 Å². The molecule has 0 spiro atoms. The molecule has 0 fully saturated rings. The van der Waals surface area contributed by atoms with Gasteiger partial charge in [-0.25, -0.2) is 4.79 Å². The SMILES string of the molecule is CCOC(=O)/C(=C\c1cccc2ccccc12)P(=O)(OCC)OCC. The number of ether oxygens (including phenoxy) is 1. The van der Waals surface area contributed by atoms with Crippen molar-refractivity contribution in [1.29, 1.82) is 0 Å². The van der Waals surface area contributed by atoms with Crippen molar-refractivity contribution >= 4 is 30.4 Å². The summed E-state index contributed by atoms with van der Waals surface area (Å²) in [4.78, 5) is 12.5. The normalized spacial score (nSPS) is 12.4. The monoisotopic (exact) mass is 362 g/mol. The summed E-state index contributed by atoms with van der Waals surface area (Å²) in [7, 11) is -3.77. The third kappa shape index (κ3) is 4.57. The summed E-state index contributed by atoms with van der Waals surface area (Å²) < 4.78 is 28.9. The number of esters is 1. The molecule has 0 aromatic heterocycles. The van der Waals surface area contributed by atoms with Crippen LogP contribution in [0.1, 0.15) is 26.3 Å². The highest BCUT2D eigenvalue weighted by molar-refractivity contribution is 7.60. The van der Waals surface area contributed by atoms with Gasteiger partial charge in [-0.1, -0.05) is 42.5 Å². The second-order valence-electron chi connectivity index (χ2n) is 5.15. The minimum atomic E-state index is -3.77. The molecule has 5 nitrogen and oxygen atoms in total. The molecule has 25 heavy (non-hydrogen) atoms. The van der Waals surface area contributed by atoms with Crippen molar-refractivity contribution in [1.82, 2.24) is 0 Å². The van der Waals surface area contributed by atoms with Crippen LogP contribution in [0.4, 0.5) is 0 Å². The molecule has 0 bridgehead atoms. The van der Waals surface area contributed by atoms with Crippen LogP contribution in [0, 0.1) is 0 Å². The van der Waals surface area contributed by atoms with Crippen LogP contribution >= 0.6 is 7.60 Å². The third-order valence-corrected chi connectivity index (χ3v) is 5.59. The maximum atomic E-state index is 13.2. The Hall–Kier alpha value is -1.94. The number of benzene rings is 2. The molecule has 0 radical (unpaired) electrons. The third-order valence-electron chi connectivity index (χ3n) is 3.49. The first kappa shape index (κ1) is 19.4. The van der Waals surface area contributed by atoms with E-state index in [1.165, 1.54) is 0 Å². The molecule has 0 heterocycles. The molecule has 0 saturated carbocycles. The van der Waals surface area contributed by atoms with E-state index in [1.54, 1.807) is 26.8 Å². The Kier molecular flexibility index (Phi) is 6.94. The van der Waals surface area contributed by atoms with Gasteiger partial charge in [0.15, 0.2) is 0 Å². The molecule has 2 rings (SSSR count). The van der Waals surface area contributed by atoms with Gasteiger partial charge in [0, 0.05) is 0 Å². The van der Waals surface area contributed by atoms with Crippen LogP contribution in [0.2, 0.25) is 0 Å². The zero-order valence-electron chi connectivity index (χ0n) is 14.7. The van der Waals surface area contributed by atoms with Crippen molar-refractivity contribution in [2.24, 2.45) is 0 Å². The van der Waals surface area contributed by atoms with Gasteiger partial charge in [0.05, 0.1) is 19.8 Å². The molecule has 0 aliphatic carbocycles. The Morgan fingerprint density at radius 3 is 2.24 bits per heavy atom. The van der Waals surface area contributed by atoms with Gasteiger partial charge in [0.2, 0.25) is 0 Å². The fourth-order valence-corrected chi connectivity index (χ4v) is 4.11. The van der Waals surface area contributed by atoms with E-state index in [-0.39, 0.29) is 25.1 Å². The zero-order chi connectivity index (χ0) is 18.3. The molecule has 0 aliphatic rings. The number of carbonyl (C=O) groups excluding carboxylic acids is 1. The van der Waals surface area contributed by atoms with Gasteiger partial charge in [-0.3, -0.25) is 4.57 Å². The van der Waals surface area contributed by atoms with Crippen LogP contribution in [0.3, 0.4) is 0 Å². The number of hydrogen-bond donors (Lipinski definition) is 0. The Morgan fingerprint density at radius 1 is 0.960 bits per heavy atom. The number of hydrogen-bond acceptors (Lipinski definition) is 5. The van der Waals surface area contributed by atoms with Gasteiger partial charge in [-0.15, -0.1) is 0 Å². The standard InChI is InChI=1S/C19H23O5P/c1-4-22-19(20)18(25(21,23-5-2)24-6-3)14-16-12-9-11-15-10-7-8-13-17(15)16/h7-14H,4-6H2,1-3H3/b18-14+. The minimum Gasteiger partial charge on any atom is -0.462 e. The van der Waals surface area contributed by atoms with E-state index in [0.29, 0.717) is 0 Å². The zero-order valence-corrected chi connectivity index (χ0v) is 15.6. The predicted octanol–water partition coefficient (Wildman–Crippen LogP) is 5.01. The molecular formula is C19H23O5P. The lowest BCUT2D eigenvalue weighted by molar-refractivity contribution is -0.137. The summed E-state index contributed by atoms with van der Waals surface area (Å²) in [6.45, 7) is 5.58. The molecular weight excluding hydrogens is 339 g/mol. The minimum absolute atomic E-state index is 0.0885. The van der Waals surface area contributed by atoms with Crippen molar-refractivity contribution < 1.29 is 23.1 Å². The van der Waals surface area contributed by atoms with Crippen molar-refractivity contribution in [3.8, 4) is 0 Å². The molecule has 0 amide bonds. The molecule has 0 saturated heterocycles. The maximum Gasteiger partial charge on any atom is 0.368 e. The van der Waals surface area contributed by atoms with Crippen molar-refractivity contribution in [3.63, 3.8) is 0 Å². The largest absolute Gasteiger partial charge is 0.462 e. The highest BCUT2D eigenvalue weighted by Crippen LogP contribution is 2.57. The Bertz CT molecular complexity index is 797. The quantitative estimate of drug-likeness (QED) is 0.375. The van der Waals surface area contributed by atoms with Crippen LogP contribution in [0.5, 0.6) is 0 Å². The summed E-state index contributed by atoms with van der Waals surface area (Å²) in [6, 6.07) is 13.5. The van der Waals surface area contributed by atoms with Crippen molar-refractivity contribution in [2.75, 3.05) is 19.8 Å². The second-order valence-corrected chi connectivity index (χ2v) is 7.14. The van der Waals surface area contributed by atoms with Crippen LogP contribution < -0.4 is 0 Å². The van der Waals surface area contributed by atoms with Crippen LogP contribution in [-0.2, 0) is 23.1 Å². The van der Waals surface area contributed by atoms with Gasteiger partial charge in [-0.05, 0) is 43.2 Å². The number of fused-ring (bicyclic) bond motifs is 1. The summed E-state index contributed by atoms with van der Waals surface area (Å²) in [5.74, 6) is -0.694. The molecule has 0 atom stereocenters. The van der Waals surface area contributed by atoms with E-state index in [9.17, 15) is 9.36 Å². The lowest BCUT2D eigenvalue weighted by Crippen LogP contribution is -2.11. The molecule has 134 valence electrons. The Balaban J connectivity index is 2.63. The van der Waals surface area contributed by atoms with Gasteiger partial charge < -0.3 is 13.8 Å². The molecule has 6 heteroatoms. The van der Waals surface area contributed by atoms with E-state index >= 15 is 0 Å². The molecule has 0 aliphatic heterocycles.